The zero-order chi connectivity index (χ0) is 15.3. The summed E-state index contributed by atoms with van der Waals surface area (Å²) in [7, 11) is 0. The summed E-state index contributed by atoms with van der Waals surface area (Å²) in [4.78, 5) is 24.2. The summed E-state index contributed by atoms with van der Waals surface area (Å²) in [6.07, 6.45) is 0.222. The molecule has 1 aromatic rings. The van der Waals surface area contributed by atoms with Gasteiger partial charge < -0.3 is 4.90 Å². The quantitative estimate of drug-likeness (QED) is 0.609. The highest BCUT2D eigenvalue weighted by molar-refractivity contribution is 9.10. The van der Waals surface area contributed by atoms with E-state index in [1.54, 1.807) is 0 Å². The molecule has 0 N–H and O–H groups in total. The van der Waals surface area contributed by atoms with E-state index in [2.05, 4.69) is 15.9 Å². The van der Waals surface area contributed by atoms with Crippen LogP contribution in [-0.2, 0) is 0 Å². The van der Waals surface area contributed by atoms with Gasteiger partial charge in [-0.1, -0.05) is 15.9 Å². The summed E-state index contributed by atoms with van der Waals surface area (Å²) < 4.78 is 0.471. The van der Waals surface area contributed by atoms with Gasteiger partial charge in [0.1, 0.15) is 0 Å². The Morgan fingerprint density at radius 3 is 2.65 bits per heavy atom. The summed E-state index contributed by atoms with van der Waals surface area (Å²) in [5, 5.41) is 19.4. The lowest BCUT2D eigenvalue weighted by Crippen LogP contribution is -2.37. The standard InChI is InChI=1S/C13H14BrN3O3/c1-9(2)16(5-3-4-15)13(18)10-6-11(14)8-12(7-10)17(19)20/h6-9H,3,5H2,1-2H3. The minimum absolute atomic E-state index is 0.0890. The summed E-state index contributed by atoms with van der Waals surface area (Å²) in [5.74, 6) is -0.320. The summed E-state index contributed by atoms with van der Waals surface area (Å²) in [5.41, 5.74) is 0.0874. The van der Waals surface area contributed by atoms with E-state index >= 15 is 0 Å². The topological polar surface area (TPSA) is 87.2 Å². The number of non-ortho nitro benzene ring substituents is 1. The van der Waals surface area contributed by atoms with Crippen molar-refractivity contribution in [3.8, 4) is 6.07 Å². The highest BCUT2D eigenvalue weighted by atomic mass is 79.9. The number of nitro benzene ring substituents is 1. The number of nitro groups is 1. The van der Waals surface area contributed by atoms with Crippen molar-refractivity contribution in [1.82, 2.24) is 4.90 Å². The van der Waals surface area contributed by atoms with Gasteiger partial charge in [-0.25, -0.2) is 0 Å². The van der Waals surface area contributed by atoms with Gasteiger partial charge in [-0.3, -0.25) is 14.9 Å². The van der Waals surface area contributed by atoms with Gasteiger partial charge in [0.05, 0.1) is 17.4 Å². The van der Waals surface area contributed by atoms with Gasteiger partial charge >= 0.3 is 0 Å². The fourth-order valence-corrected chi connectivity index (χ4v) is 2.21. The van der Waals surface area contributed by atoms with E-state index in [-0.39, 0.29) is 29.6 Å². The molecular formula is C13H14BrN3O3. The van der Waals surface area contributed by atoms with Crippen LogP contribution >= 0.6 is 15.9 Å². The second-order valence-corrected chi connectivity index (χ2v) is 5.37. The monoisotopic (exact) mass is 339 g/mol. The molecule has 6 nitrogen and oxygen atoms in total. The van der Waals surface area contributed by atoms with Crippen LogP contribution < -0.4 is 0 Å². The van der Waals surface area contributed by atoms with Crippen LogP contribution in [0.4, 0.5) is 5.69 Å². The normalized spacial score (nSPS) is 10.2. The van der Waals surface area contributed by atoms with Crippen molar-refractivity contribution in [3.63, 3.8) is 0 Å². The average Bonchev–Trinajstić information content (AvgIpc) is 2.37. The Labute approximate surface area is 125 Å². The predicted octanol–water partition coefficient (Wildman–Crippen LogP) is 3.12. The number of hydrogen-bond acceptors (Lipinski definition) is 4. The Kier molecular flexibility index (Phi) is 5.65. The number of hydrogen-bond donors (Lipinski definition) is 0. The maximum Gasteiger partial charge on any atom is 0.271 e. The van der Waals surface area contributed by atoms with Crippen molar-refractivity contribution in [2.75, 3.05) is 6.54 Å². The van der Waals surface area contributed by atoms with E-state index in [9.17, 15) is 14.9 Å². The number of benzene rings is 1. The van der Waals surface area contributed by atoms with Gasteiger partial charge in [-0.2, -0.15) is 5.26 Å². The van der Waals surface area contributed by atoms with Crippen molar-refractivity contribution >= 4 is 27.5 Å². The molecule has 0 spiro atoms. The van der Waals surface area contributed by atoms with Crippen LogP contribution in [0.5, 0.6) is 0 Å². The first kappa shape index (κ1) is 16.1. The summed E-state index contributed by atoms with van der Waals surface area (Å²) in [6, 6.07) is 6.02. The van der Waals surface area contributed by atoms with Gasteiger partial charge in [-0.15, -0.1) is 0 Å². The van der Waals surface area contributed by atoms with Crippen LogP contribution in [0.3, 0.4) is 0 Å². The molecule has 106 valence electrons. The zero-order valence-corrected chi connectivity index (χ0v) is 12.8. The molecule has 0 bridgehead atoms. The lowest BCUT2D eigenvalue weighted by Gasteiger charge is -2.25. The van der Waals surface area contributed by atoms with Crippen molar-refractivity contribution in [2.45, 2.75) is 26.3 Å². The first-order valence-corrected chi connectivity index (χ1v) is 6.79. The minimum atomic E-state index is -0.545. The molecule has 0 aromatic heterocycles. The molecule has 0 unspecified atom stereocenters. The number of nitrogens with zero attached hydrogens (tertiary/aromatic N) is 3. The van der Waals surface area contributed by atoms with E-state index in [1.165, 1.54) is 23.1 Å². The Balaban J connectivity index is 3.11. The lowest BCUT2D eigenvalue weighted by atomic mass is 10.1. The highest BCUT2D eigenvalue weighted by Gasteiger charge is 2.21. The molecule has 1 amide bonds. The predicted molar refractivity (Wildman–Crippen MR) is 77.2 cm³/mol. The third-order valence-electron chi connectivity index (χ3n) is 2.69. The van der Waals surface area contributed by atoms with Gasteiger partial charge in [0, 0.05) is 34.8 Å². The minimum Gasteiger partial charge on any atom is -0.335 e. The molecule has 0 saturated heterocycles. The molecule has 0 saturated carbocycles. The van der Waals surface area contributed by atoms with E-state index in [0.717, 1.165) is 0 Å². The smallest absolute Gasteiger partial charge is 0.271 e. The second-order valence-electron chi connectivity index (χ2n) is 4.46. The Morgan fingerprint density at radius 2 is 2.15 bits per heavy atom. The van der Waals surface area contributed by atoms with Gasteiger partial charge in [0.15, 0.2) is 0 Å². The first-order valence-electron chi connectivity index (χ1n) is 5.99. The van der Waals surface area contributed by atoms with Crippen molar-refractivity contribution < 1.29 is 9.72 Å². The maximum absolute atomic E-state index is 12.4. The van der Waals surface area contributed by atoms with Crippen LogP contribution in [0.2, 0.25) is 0 Å². The molecule has 0 aliphatic heterocycles. The molecule has 0 fully saturated rings. The van der Waals surface area contributed by atoms with Crippen LogP contribution in [0, 0.1) is 21.4 Å². The molecule has 1 aromatic carbocycles. The molecular weight excluding hydrogens is 326 g/mol. The number of halogens is 1. The van der Waals surface area contributed by atoms with Gasteiger partial charge in [-0.05, 0) is 19.9 Å². The molecule has 0 aliphatic rings. The Hall–Kier alpha value is -1.94. The van der Waals surface area contributed by atoms with E-state index in [0.29, 0.717) is 11.0 Å². The van der Waals surface area contributed by atoms with E-state index < -0.39 is 4.92 Å². The Morgan fingerprint density at radius 1 is 1.50 bits per heavy atom. The average molecular weight is 340 g/mol. The third kappa shape index (κ3) is 4.03. The highest BCUT2D eigenvalue weighted by Crippen LogP contribution is 2.23. The maximum atomic E-state index is 12.4. The van der Waals surface area contributed by atoms with Crippen molar-refractivity contribution in [2.24, 2.45) is 0 Å². The summed E-state index contributed by atoms with van der Waals surface area (Å²) in [6.45, 7) is 3.97. The molecule has 1 rings (SSSR count). The van der Waals surface area contributed by atoms with Crippen LogP contribution in [-0.4, -0.2) is 28.3 Å². The largest absolute Gasteiger partial charge is 0.335 e. The summed E-state index contributed by atoms with van der Waals surface area (Å²) >= 11 is 3.16. The van der Waals surface area contributed by atoms with Crippen LogP contribution in [0.25, 0.3) is 0 Å². The van der Waals surface area contributed by atoms with Crippen LogP contribution in [0.1, 0.15) is 30.6 Å². The molecule has 7 heteroatoms. The SMILES string of the molecule is CC(C)N(CCC#N)C(=O)c1cc(Br)cc([N+](=O)[O-])c1. The molecule has 20 heavy (non-hydrogen) atoms. The van der Waals surface area contributed by atoms with Gasteiger partial charge in [0.2, 0.25) is 0 Å². The van der Waals surface area contributed by atoms with Crippen LogP contribution in [0.15, 0.2) is 22.7 Å². The van der Waals surface area contributed by atoms with Crippen molar-refractivity contribution in [1.29, 1.82) is 5.26 Å². The second kappa shape index (κ2) is 7.01. The fourth-order valence-electron chi connectivity index (χ4n) is 1.73. The lowest BCUT2D eigenvalue weighted by molar-refractivity contribution is -0.385. The first-order chi connectivity index (χ1) is 9.36. The number of nitriles is 1. The van der Waals surface area contributed by atoms with E-state index in [4.69, 9.17) is 5.26 Å². The number of carbonyl (C=O) groups excluding carboxylic acids is 1. The number of rotatable bonds is 5. The molecule has 0 atom stereocenters. The number of amides is 1. The molecule has 0 radical (unpaired) electrons. The number of carbonyl (C=O) groups is 1. The fraction of sp³-hybridized carbons (Fsp3) is 0.385. The van der Waals surface area contributed by atoms with Gasteiger partial charge in [0.25, 0.3) is 11.6 Å². The molecule has 0 heterocycles. The Bertz CT molecular complexity index is 566. The van der Waals surface area contributed by atoms with Crippen molar-refractivity contribution in [3.05, 3.63) is 38.3 Å². The molecule has 0 aliphatic carbocycles. The third-order valence-corrected chi connectivity index (χ3v) is 3.15. The van der Waals surface area contributed by atoms with E-state index in [1.807, 2.05) is 19.9 Å². The zero-order valence-electron chi connectivity index (χ0n) is 11.2.